The first-order valence-electron chi connectivity index (χ1n) is 16.4. The zero-order valence-electron chi connectivity index (χ0n) is 24.7. The molecule has 0 aromatic rings. The average molecular weight is 595 g/mol. The molecule has 12 heteroatoms. The number of fused-ring (bicyclic) bond motifs is 1. The molecule has 5 N–H and O–H groups in total. The fraction of sp³-hybridized carbons (Fsp3) is 0.966. The summed E-state index contributed by atoms with van der Waals surface area (Å²) in [5.41, 5.74) is 3.77. The molecular weight excluding hydrogens is 542 g/mol. The molecular formula is C29H52N7O4S+. The highest BCUT2D eigenvalue weighted by Gasteiger charge is 2.50. The second-order valence-corrected chi connectivity index (χ2v) is 14.7. The Labute approximate surface area is 249 Å². The number of nitrogens with zero attached hydrogens (tertiary/aromatic N) is 2. The number of ketones is 1. The summed E-state index contributed by atoms with van der Waals surface area (Å²) in [6, 6.07) is 1.02. The summed E-state index contributed by atoms with van der Waals surface area (Å²) in [6.45, 7) is 11.8. The van der Waals surface area contributed by atoms with E-state index in [-0.39, 0.29) is 23.9 Å². The van der Waals surface area contributed by atoms with Crippen LogP contribution in [0.15, 0.2) is 0 Å². The molecule has 6 aliphatic heterocycles. The Kier molecular flexibility index (Phi) is 9.53. The van der Waals surface area contributed by atoms with E-state index in [1.807, 2.05) is 11.8 Å². The lowest BCUT2D eigenvalue weighted by molar-refractivity contribution is -0.900. The van der Waals surface area contributed by atoms with Crippen molar-refractivity contribution in [3.8, 4) is 0 Å². The maximum absolute atomic E-state index is 13.1. The van der Waals surface area contributed by atoms with Crippen molar-refractivity contribution in [3.05, 3.63) is 0 Å². The van der Waals surface area contributed by atoms with Gasteiger partial charge in [0.2, 0.25) is 0 Å². The van der Waals surface area contributed by atoms with Crippen LogP contribution in [-0.2, 0) is 19.0 Å². The van der Waals surface area contributed by atoms with Crippen LogP contribution in [0.25, 0.3) is 0 Å². The van der Waals surface area contributed by atoms with Gasteiger partial charge in [-0.05, 0) is 56.6 Å². The van der Waals surface area contributed by atoms with Gasteiger partial charge in [-0.25, -0.2) is 5.01 Å². The van der Waals surface area contributed by atoms with Gasteiger partial charge in [-0.2, -0.15) is 0 Å². The number of rotatable bonds is 7. The Bertz CT molecular complexity index is 885. The Balaban J connectivity index is 0.874. The first-order valence-corrected chi connectivity index (χ1v) is 17.5. The second-order valence-electron chi connectivity index (χ2n) is 13.5. The average Bonchev–Trinajstić information content (AvgIpc) is 3.75. The summed E-state index contributed by atoms with van der Waals surface area (Å²) in [4.78, 5) is 17.0. The molecule has 0 bridgehead atoms. The van der Waals surface area contributed by atoms with Crippen LogP contribution < -0.4 is 26.3 Å². The van der Waals surface area contributed by atoms with E-state index in [4.69, 9.17) is 14.2 Å². The van der Waals surface area contributed by atoms with E-state index < -0.39 is 0 Å². The van der Waals surface area contributed by atoms with Gasteiger partial charge < -0.3 is 19.1 Å². The monoisotopic (exact) mass is 594 g/mol. The number of morpholine rings is 1. The Morgan fingerprint density at radius 2 is 1.95 bits per heavy atom. The fourth-order valence-corrected chi connectivity index (χ4v) is 10.0. The van der Waals surface area contributed by atoms with Crippen molar-refractivity contribution in [2.24, 2.45) is 17.8 Å². The minimum absolute atomic E-state index is 0.0484. The first kappa shape index (κ1) is 29.3. The zero-order chi connectivity index (χ0) is 27.8. The zero-order valence-corrected chi connectivity index (χ0v) is 25.5. The summed E-state index contributed by atoms with van der Waals surface area (Å²) in [7, 11) is 0. The van der Waals surface area contributed by atoms with Gasteiger partial charge in [0, 0.05) is 50.6 Å². The topological polar surface area (TPSA) is 104 Å². The number of carbonyl (C=O) groups is 1. The Hall–Kier alpha value is -0.380. The molecule has 6 saturated heterocycles. The lowest BCUT2D eigenvalue weighted by Crippen LogP contribution is -3.11. The molecule has 9 atom stereocenters. The van der Waals surface area contributed by atoms with Crippen molar-refractivity contribution < 1.29 is 23.9 Å². The van der Waals surface area contributed by atoms with Gasteiger partial charge in [0.05, 0.1) is 37.3 Å². The molecule has 1 saturated carbocycles. The number of carbonyl (C=O) groups excluding carboxylic acids is 1. The highest BCUT2D eigenvalue weighted by atomic mass is 32.2. The maximum Gasteiger partial charge on any atom is 0.181 e. The third-order valence-corrected chi connectivity index (χ3v) is 12.4. The molecule has 7 fully saturated rings. The minimum Gasteiger partial charge on any atom is -0.379 e. The van der Waals surface area contributed by atoms with Crippen molar-refractivity contribution in [2.45, 2.75) is 87.6 Å². The Morgan fingerprint density at radius 3 is 2.76 bits per heavy atom. The third-order valence-electron chi connectivity index (χ3n) is 10.9. The van der Waals surface area contributed by atoms with Crippen LogP contribution in [0.2, 0.25) is 0 Å². The van der Waals surface area contributed by atoms with Crippen LogP contribution >= 0.6 is 11.8 Å². The predicted octanol–water partition coefficient (Wildman–Crippen LogP) is -1.23. The number of quaternary nitrogens is 1. The Morgan fingerprint density at radius 1 is 1.10 bits per heavy atom. The van der Waals surface area contributed by atoms with Crippen molar-refractivity contribution in [1.29, 1.82) is 0 Å². The van der Waals surface area contributed by atoms with E-state index in [0.29, 0.717) is 48.2 Å². The number of Topliss-reactive ketones (excluding diaryl/α,β-unsaturated/α-hetero) is 1. The number of hydrogen-bond donors (Lipinski definition) is 5. The van der Waals surface area contributed by atoms with Gasteiger partial charge in [-0.1, -0.05) is 0 Å². The number of hydrogen-bond acceptors (Lipinski definition) is 11. The number of ether oxygens (including phenoxy) is 3. The van der Waals surface area contributed by atoms with Crippen molar-refractivity contribution in [1.82, 2.24) is 31.3 Å². The van der Waals surface area contributed by atoms with Crippen LogP contribution in [0, 0.1) is 17.8 Å². The van der Waals surface area contributed by atoms with Crippen LogP contribution in [-0.4, -0.2) is 129 Å². The van der Waals surface area contributed by atoms with Gasteiger partial charge >= 0.3 is 0 Å². The van der Waals surface area contributed by atoms with E-state index in [0.717, 1.165) is 71.4 Å². The molecule has 0 amide bonds. The molecule has 6 heterocycles. The lowest BCUT2D eigenvalue weighted by atomic mass is 9.75. The number of hydrazine groups is 1. The van der Waals surface area contributed by atoms with Crippen molar-refractivity contribution >= 4 is 17.5 Å². The van der Waals surface area contributed by atoms with E-state index >= 15 is 0 Å². The van der Waals surface area contributed by atoms with Gasteiger partial charge in [-0.15, -0.1) is 11.8 Å². The van der Waals surface area contributed by atoms with E-state index in [9.17, 15) is 4.79 Å². The molecule has 0 radical (unpaired) electrons. The van der Waals surface area contributed by atoms with Crippen molar-refractivity contribution in [2.75, 3.05) is 71.6 Å². The molecule has 41 heavy (non-hydrogen) atoms. The highest BCUT2D eigenvalue weighted by Crippen LogP contribution is 2.46. The molecule has 11 nitrogen and oxygen atoms in total. The fourth-order valence-electron chi connectivity index (χ4n) is 8.41. The predicted molar refractivity (Wildman–Crippen MR) is 157 cm³/mol. The van der Waals surface area contributed by atoms with Crippen LogP contribution in [0.3, 0.4) is 0 Å². The minimum atomic E-state index is -0.0536. The molecule has 9 unspecified atom stereocenters. The van der Waals surface area contributed by atoms with E-state index in [1.54, 1.807) is 4.90 Å². The molecule has 0 spiro atoms. The van der Waals surface area contributed by atoms with Gasteiger partial charge in [0.25, 0.3) is 0 Å². The molecule has 1 aliphatic carbocycles. The first-order chi connectivity index (χ1) is 20.1. The number of thioether (sulfide) groups is 1. The summed E-state index contributed by atoms with van der Waals surface area (Å²) in [5, 5.41) is 14.0. The maximum atomic E-state index is 13.1. The quantitative estimate of drug-likeness (QED) is 0.245. The van der Waals surface area contributed by atoms with Gasteiger partial charge in [0.15, 0.2) is 12.5 Å². The normalized spacial score (nSPS) is 46.7. The molecule has 7 aliphatic rings. The summed E-state index contributed by atoms with van der Waals surface area (Å²) < 4.78 is 17.9. The second kappa shape index (κ2) is 13.3. The summed E-state index contributed by atoms with van der Waals surface area (Å²) in [5.74, 6) is 3.29. The summed E-state index contributed by atoms with van der Waals surface area (Å²) in [6.07, 6.45) is 6.98. The lowest BCUT2D eigenvalue weighted by Gasteiger charge is -2.43. The van der Waals surface area contributed by atoms with Gasteiger partial charge in [-0.3, -0.25) is 31.1 Å². The van der Waals surface area contributed by atoms with Crippen LogP contribution in [0.4, 0.5) is 0 Å². The molecule has 0 aromatic heterocycles. The molecule has 7 rings (SSSR count). The molecule has 0 aromatic carbocycles. The van der Waals surface area contributed by atoms with Crippen LogP contribution in [0.1, 0.15) is 45.4 Å². The molecule has 232 valence electrons. The number of nitrogens with one attached hydrogen (secondary N) is 5. The third kappa shape index (κ3) is 6.68. The van der Waals surface area contributed by atoms with E-state index in [2.05, 4.69) is 38.2 Å². The van der Waals surface area contributed by atoms with Crippen LogP contribution in [0.5, 0.6) is 0 Å². The van der Waals surface area contributed by atoms with Crippen molar-refractivity contribution in [3.63, 3.8) is 0 Å². The van der Waals surface area contributed by atoms with Gasteiger partial charge in [0.1, 0.15) is 25.7 Å². The SMILES string of the molecule is CC1NN(C2CCNC(NC3CCC(C4CSC5C(=O)CC(N6CCOCC6)OC54)CC3)N2)CC1C[NH+]1CCOC1. The summed E-state index contributed by atoms with van der Waals surface area (Å²) >= 11 is 1.86. The highest BCUT2D eigenvalue weighted by molar-refractivity contribution is 8.01. The standard InChI is InChI=1S/C29H51N7O4S/c1-19-21(15-34-8-11-39-18-34)16-36(33-19)25-6-7-30-29(32-25)31-22-4-2-20(3-5-22)23-17-41-28-24(37)14-26(40-27(23)28)35-9-12-38-13-10-35/h19-23,25-33H,2-18H2,1H3/p+1. The largest absolute Gasteiger partial charge is 0.379 e. The smallest absolute Gasteiger partial charge is 0.181 e. The van der Waals surface area contributed by atoms with E-state index in [1.165, 1.54) is 32.2 Å².